The quantitative estimate of drug-likeness (QED) is 0.890. The molecule has 1 aromatic heterocycles. The van der Waals surface area contributed by atoms with Crippen molar-refractivity contribution in [2.45, 2.75) is 38.6 Å². The standard InChI is InChI=1S/C13H21N3O3S/c1-12(15-7-5-6-8-15)11-13(17)14-20(18,19)16-9-3-2-4-10-16/h5-8,12H,2-4,9-11H2,1H3,(H,14,17)/t12-/m0/s1. The zero-order valence-corrected chi connectivity index (χ0v) is 12.5. The molecule has 2 rings (SSSR count). The number of nitrogens with one attached hydrogen (secondary N) is 1. The summed E-state index contributed by atoms with van der Waals surface area (Å²) in [6.07, 6.45) is 6.62. The first-order chi connectivity index (χ1) is 9.49. The van der Waals surface area contributed by atoms with E-state index >= 15 is 0 Å². The van der Waals surface area contributed by atoms with E-state index in [0.717, 1.165) is 19.3 Å². The molecule has 0 unspecified atom stereocenters. The highest BCUT2D eigenvalue weighted by Gasteiger charge is 2.26. The van der Waals surface area contributed by atoms with Crippen molar-refractivity contribution in [3.63, 3.8) is 0 Å². The average molecular weight is 299 g/mol. The predicted molar refractivity (Wildman–Crippen MR) is 76.2 cm³/mol. The van der Waals surface area contributed by atoms with Crippen LogP contribution in [0.3, 0.4) is 0 Å². The molecule has 7 heteroatoms. The monoisotopic (exact) mass is 299 g/mol. The smallest absolute Gasteiger partial charge is 0.303 e. The SMILES string of the molecule is C[C@@H](CC(=O)NS(=O)(=O)N1CCCCC1)n1cccc1. The van der Waals surface area contributed by atoms with E-state index in [1.54, 1.807) is 0 Å². The molecule has 0 saturated carbocycles. The van der Waals surface area contributed by atoms with Gasteiger partial charge in [0.2, 0.25) is 5.91 Å². The van der Waals surface area contributed by atoms with Crippen LogP contribution in [0.2, 0.25) is 0 Å². The lowest BCUT2D eigenvalue weighted by molar-refractivity contribution is -0.120. The molecule has 0 aliphatic carbocycles. The molecule has 112 valence electrons. The highest BCUT2D eigenvalue weighted by atomic mass is 32.2. The number of hydrogen-bond donors (Lipinski definition) is 1. The maximum absolute atomic E-state index is 12.1. The molecule has 20 heavy (non-hydrogen) atoms. The first-order valence-corrected chi connectivity index (χ1v) is 8.36. The molecule has 2 heterocycles. The van der Waals surface area contributed by atoms with Crippen molar-refractivity contribution in [2.75, 3.05) is 13.1 Å². The van der Waals surface area contributed by atoms with Crippen LogP contribution in [-0.2, 0) is 15.0 Å². The summed E-state index contributed by atoms with van der Waals surface area (Å²) < 4.78 is 29.5. The minimum absolute atomic E-state index is 0.0680. The Morgan fingerprint density at radius 2 is 1.80 bits per heavy atom. The zero-order valence-electron chi connectivity index (χ0n) is 11.7. The molecule has 1 aliphatic heterocycles. The van der Waals surface area contributed by atoms with E-state index in [-0.39, 0.29) is 12.5 Å². The van der Waals surface area contributed by atoms with Crippen LogP contribution >= 0.6 is 0 Å². The first kappa shape index (κ1) is 15.1. The van der Waals surface area contributed by atoms with Gasteiger partial charge in [-0.25, -0.2) is 4.72 Å². The van der Waals surface area contributed by atoms with E-state index in [4.69, 9.17) is 0 Å². The van der Waals surface area contributed by atoms with Crippen LogP contribution in [0.4, 0.5) is 0 Å². The first-order valence-electron chi connectivity index (χ1n) is 6.92. The zero-order chi connectivity index (χ0) is 14.6. The van der Waals surface area contributed by atoms with E-state index in [9.17, 15) is 13.2 Å². The van der Waals surface area contributed by atoms with Crippen LogP contribution in [0.25, 0.3) is 0 Å². The lowest BCUT2D eigenvalue weighted by Gasteiger charge is -2.26. The van der Waals surface area contributed by atoms with Gasteiger partial charge in [0.15, 0.2) is 0 Å². The van der Waals surface area contributed by atoms with E-state index in [1.807, 2.05) is 36.0 Å². The van der Waals surface area contributed by atoms with Gasteiger partial charge in [-0.05, 0) is 31.9 Å². The van der Waals surface area contributed by atoms with Gasteiger partial charge >= 0.3 is 10.2 Å². The molecule has 1 fully saturated rings. The number of amides is 1. The van der Waals surface area contributed by atoms with Gasteiger partial charge in [0.25, 0.3) is 0 Å². The molecule has 1 aliphatic rings. The number of aromatic nitrogens is 1. The molecular formula is C13H21N3O3S. The van der Waals surface area contributed by atoms with Crippen LogP contribution in [-0.4, -0.2) is 36.3 Å². The summed E-state index contributed by atoms with van der Waals surface area (Å²) in [6.45, 7) is 2.87. The van der Waals surface area contributed by atoms with Gasteiger partial charge in [0.05, 0.1) is 0 Å². The Bertz CT molecular complexity index is 533. The van der Waals surface area contributed by atoms with Crippen LogP contribution < -0.4 is 4.72 Å². The Hall–Kier alpha value is -1.34. The van der Waals surface area contributed by atoms with Crippen molar-refractivity contribution >= 4 is 16.1 Å². The molecule has 0 radical (unpaired) electrons. The summed E-state index contributed by atoms with van der Waals surface area (Å²) in [5, 5.41) is 0. The number of carbonyl (C=O) groups is 1. The summed E-state index contributed by atoms with van der Waals surface area (Å²) in [7, 11) is -3.67. The predicted octanol–water partition coefficient (Wildman–Crippen LogP) is 1.29. The van der Waals surface area contributed by atoms with Crippen molar-refractivity contribution in [3.8, 4) is 0 Å². The Morgan fingerprint density at radius 3 is 2.40 bits per heavy atom. The maximum atomic E-state index is 12.1. The van der Waals surface area contributed by atoms with Gasteiger partial charge in [-0.2, -0.15) is 12.7 Å². The molecule has 1 saturated heterocycles. The third kappa shape index (κ3) is 3.83. The summed E-state index contributed by atoms with van der Waals surface area (Å²) in [6, 6.07) is 3.68. The fraction of sp³-hybridized carbons (Fsp3) is 0.615. The third-order valence-electron chi connectivity index (χ3n) is 3.52. The van der Waals surface area contributed by atoms with Gasteiger partial charge in [-0.3, -0.25) is 4.79 Å². The Labute approximate surface area is 119 Å². The van der Waals surface area contributed by atoms with Crippen molar-refractivity contribution in [1.29, 1.82) is 0 Å². The summed E-state index contributed by atoms with van der Waals surface area (Å²) >= 11 is 0. The molecule has 1 amide bonds. The highest BCUT2D eigenvalue weighted by molar-refractivity contribution is 7.87. The van der Waals surface area contributed by atoms with E-state index in [1.165, 1.54) is 4.31 Å². The normalized spacial score (nSPS) is 18.6. The lowest BCUT2D eigenvalue weighted by atomic mass is 10.2. The highest BCUT2D eigenvalue weighted by Crippen LogP contribution is 2.14. The Morgan fingerprint density at radius 1 is 1.20 bits per heavy atom. The van der Waals surface area contributed by atoms with Gasteiger partial charge in [0.1, 0.15) is 0 Å². The molecule has 1 N–H and O–H groups in total. The lowest BCUT2D eigenvalue weighted by Crippen LogP contribution is -2.45. The van der Waals surface area contributed by atoms with Crippen molar-refractivity contribution in [3.05, 3.63) is 24.5 Å². The van der Waals surface area contributed by atoms with Gasteiger partial charge < -0.3 is 4.57 Å². The Kier molecular flexibility index (Phi) is 4.82. The van der Waals surface area contributed by atoms with Crippen molar-refractivity contribution < 1.29 is 13.2 Å². The minimum atomic E-state index is -3.67. The molecular weight excluding hydrogens is 278 g/mol. The largest absolute Gasteiger partial charge is 0.351 e. The molecule has 1 atom stereocenters. The van der Waals surface area contributed by atoms with Crippen molar-refractivity contribution in [2.24, 2.45) is 0 Å². The van der Waals surface area contributed by atoms with Crippen LogP contribution in [0.1, 0.15) is 38.6 Å². The number of piperidine rings is 1. The molecule has 0 spiro atoms. The Balaban J connectivity index is 1.90. The van der Waals surface area contributed by atoms with Crippen LogP contribution in [0, 0.1) is 0 Å². The molecule has 0 bridgehead atoms. The van der Waals surface area contributed by atoms with E-state index < -0.39 is 16.1 Å². The second kappa shape index (κ2) is 6.41. The number of rotatable bonds is 5. The molecule has 1 aromatic rings. The number of hydrogen-bond acceptors (Lipinski definition) is 3. The van der Waals surface area contributed by atoms with E-state index in [0.29, 0.717) is 13.1 Å². The topological polar surface area (TPSA) is 71.4 Å². The number of nitrogens with zero attached hydrogens (tertiary/aromatic N) is 2. The van der Waals surface area contributed by atoms with Gasteiger partial charge in [-0.15, -0.1) is 0 Å². The maximum Gasteiger partial charge on any atom is 0.303 e. The van der Waals surface area contributed by atoms with Gasteiger partial charge in [-0.1, -0.05) is 6.42 Å². The summed E-state index contributed by atoms with van der Waals surface area (Å²) in [5.41, 5.74) is 0. The molecule has 0 aromatic carbocycles. The van der Waals surface area contributed by atoms with Gasteiger partial charge in [0, 0.05) is 37.9 Å². The van der Waals surface area contributed by atoms with E-state index in [2.05, 4.69) is 4.72 Å². The fourth-order valence-electron chi connectivity index (χ4n) is 2.37. The van der Waals surface area contributed by atoms with Crippen LogP contribution in [0.15, 0.2) is 24.5 Å². The average Bonchev–Trinajstić information content (AvgIpc) is 2.93. The third-order valence-corrected chi connectivity index (χ3v) is 5.05. The number of carbonyl (C=O) groups excluding carboxylic acids is 1. The second-order valence-corrected chi connectivity index (χ2v) is 6.84. The second-order valence-electron chi connectivity index (χ2n) is 5.17. The minimum Gasteiger partial charge on any atom is -0.351 e. The fourth-order valence-corrected chi connectivity index (χ4v) is 3.61. The summed E-state index contributed by atoms with van der Waals surface area (Å²) in [4.78, 5) is 11.9. The van der Waals surface area contributed by atoms with Crippen molar-refractivity contribution in [1.82, 2.24) is 13.6 Å². The molecule has 6 nitrogen and oxygen atoms in total. The van der Waals surface area contributed by atoms with Crippen LogP contribution in [0.5, 0.6) is 0 Å². The summed E-state index contributed by atoms with van der Waals surface area (Å²) in [5.74, 6) is -0.461.